The molecule has 0 aliphatic rings. The topological polar surface area (TPSA) is 26.3 Å². The molecule has 3 heteroatoms. The summed E-state index contributed by atoms with van der Waals surface area (Å²) >= 11 is 0. The molecule has 0 aliphatic heterocycles. The number of carbonyl (C=O) groups excluding carboxylic acids is 1. The minimum absolute atomic E-state index is 0. The van der Waals surface area contributed by atoms with Gasteiger partial charge in [-0.2, -0.15) is 0 Å². The maximum Gasteiger partial charge on any atom is 0.306 e. The Kier molecular flexibility index (Phi) is 7.28. The second-order valence-electron chi connectivity index (χ2n) is 2.79. The molecule has 71 valence electrons. The SMILES string of the molecule is CCOC(=O)CCc1ccccc1.[Li]. The predicted octanol–water partition coefficient (Wildman–Crippen LogP) is 1.80. The maximum absolute atomic E-state index is 11.0. The molecular weight excluding hydrogens is 171 g/mol. The first-order valence-corrected chi connectivity index (χ1v) is 4.52. The van der Waals surface area contributed by atoms with Crippen LogP contribution in [0.15, 0.2) is 30.3 Å². The van der Waals surface area contributed by atoms with Gasteiger partial charge in [-0.05, 0) is 18.9 Å². The third-order valence-corrected chi connectivity index (χ3v) is 1.77. The molecule has 1 aromatic carbocycles. The summed E-state index contributed by atoms with van der Waals surface area (Å²) in [5, 5.41) is 0. The summed E-state index contributed by atoms with van der Waals surface area (Å²) in [5.74, 6) is -0.119. The standard InChI is InChI=1S/C11H14O2.Li/c1-2-13-11(12)9-8-10-6-4-3-5-7-10;/h3-7H,2,8-9H2,1H3;. The van der Waals surface area contributed by atoms with E-state index in [0.29, 0.717) is 13.0 Å². The molecule has 14 heavy (non-hydrogen) atoms. The second kappa shape index (κ2) is 7.67. The number of carbonyl (C=O) groups is 1. The molecular formula is C11H14LiO2. The Morgan fingerprint density at radius 2 is 1.93 bits per heavy atom. The van der Waals surface area contributed by atoms with Crippen molar-refractivity contribution in [1.82, 2.24) is 0 Å². The Morgan fingerprint density at radius 1 is 1.29 bits per heavy atom. The average molecular weight is 185 g/mol. The molecule has 0 N–H and O–H groups in total. The van der Waals surface area contributed by atoms with Crippen LogP contribution in [0.3, 0.4) is 0 Å². The van der Waals surface area contributed by atoms with Gasteiger partial charge in [0.15, 0.2) is 0 Å². The zero-order valence-electron chi connectivity index (χ0n) is 8.82. The van der Waals surface area contributed by atoms with E-state index in [9.17, 15) is 4.79 Å². The van der Waals surface area contributed by atoms with Gasteiger partial charge in [0, 0.05) is 25.3 Å². The molecule has 0 bridgehead atoms. The van der Waals surface area contributed by atoms with Gasteiger partial charge in [0.05, 0.1) is 6.61 Å². The van der Waals surface area contributed by atoms with Crippen LogP contribution in [0.4, 0.5) is 0 Å². The van der Waals surface area contributed by atoms with Crippen molar-refractivity contribution < 1.29 is 9.53 Å². The minimum Gasteiger partial charge on any atom is -0.466 e. The molecule has 0 saturated heterocycles. The van der Waals surface area contributed by atoms with Crippen LogP contribution in [-0.4, -0.2) is 31.4 Å². The van der Waals surface area contributed by atoms with Crippen LogP contribution in [-0.2, 0) is 16.0 Å². The van der Waals surface area contributed by atoms with Crippen LogP contribution in [0.5, 0.6) is 0 Å². The van der Waals surface area contributed by atoms with Gasteiger partial charge in [0.1, 0.15) is 0 Å². The zero-order valence-corrected chi connectivity index (χ0v) is 8.82. The van der Waals surface area contributed by atoms with Gasteiger partial charge in [0.2, 0.25) is 0 Å². The van der Waals surface area contributed by atoms with Crippen LogP contribution in [0.2, 0.25) is 0 Å². The Balaban J connectivity index is 0.00000169. The number of rotatable bonds is 4. The smallest absolute Gasteiger partial charge is 0.306 e. The van der Waals surface area contributed by atoms with Crippen molar-refractivity contribution in [3.05, 3.63) is 35.9 Å². The number of hydrogen-bond acceptors (Lipinski definition) is 2. The summed E-state index contributed by atoms with van der Waals surface area (Å²) < 4.78 is 4.82. The normalized spacial score (nSPS) is 8.93. The summed E-state index contributed by atoms with van der Waals surface area (Å²) in [6.07, 6.45) is 1.23. The third-order valence-electron chi connectivity index (χ3n) is 1.77. The molecule has 1 rings (SSSR count). The van der Waals surface area contributed by atoms with Gasteiger partial charge < -0.3 is 4.74 Å². The van der Waals surface area contributed by atoms with Crippen molar-refractivity contribution in [2.75, 3.05) is 6.61 Å². The monoisotopic (exact) mass is 185 g/mol. The first-order chi connectivity index (χ1) is 6.33. The Morgan fingerprint density at radius 3 is 2.50 bits per heavy atom. The van der Waals surface area contributed by atoms with Crippen LogP contribution < -0.4 is 0 Å². The van der Waals surface area contributed by atoms with Crippen molar-refractivity contribution in [2.24, 2.45) is 0 Å². The fourth-order valence-corrected chi connectivity index (χ4v) is 1.12. The molecule has 0 aromatic heterocycles. The van der Waals surface area contributed by atoms with Gasteiger partial charge in [0.25, 0.3) is 0 Å². The fourth-order valence-electron chi connectivity index (χ4n) is 1.12. The van der Waals surface area contributed by atoms with Crippen molar-refractivity contribution in [3.8, 4) is 0 Å². The van der Waals surface area contributed by atoms with Gasteiger partial charge >= 0.3 is 5.97 Å². The van der Waals surface area contributed by atoms with E-state index in [1.807, 2.05) is 37.3 Å². The van der Waals surface area contributed by atoms with Crippen LogP contribution in [0, 0.1) is 0 Å². The molecule has 0 spiro atoms. The molecule has 0 atom stereocenters. The fraction of sp³-hybridized carbons (Fsp3) is 0.364. The minimum atomic E-state index is -0.119. The van der Waals surface area contributed by atoms with Crippen LogP contribution in [0.1, 0.15) is 18.9 Å². The molecule has 0 amide bonds. The number of esters is 1. The zero-order chi connectivity index (χ0) is 9.52. The predicted molar refractivity (Wildman–Crippen MR) is 57.2 cm³/mol. The number of aryl methyl sites for hydroxylation is 1. The Labute approximate surface area is 96.8 Å². The molecule has 2 nitrogen and oxygen atoms in total. The van der Waals surface area contributed by atoms with E-state index in [4.69, 9.17) is 4.74 Å². The quantitative estimate of drug-likeness (QED) is 0.528. The van der Waals surface area contributed by atoms with E-state index in [1.165, 1.54) is 5.56 Å². The largest absolute Gasteiger partial charge is 0.466 e. The van der Waals surface area contributed by atoms with Gasteiger partial charge in [-0.1, -0.05) is 30.3 Å². The summed E-state index contributed by atoms with van der Waals surface area (Å²) in [4.78, 5) is 11.0. The third kappa shape index (κ3) is 5.11. The van der Waals surface area contributed by atoms with E-state index in [0.717, 1.165) is 6.42 Å². The maximum atomic E-state index is 11.0. The molecule has 0 heterocycles. The first kappa shape index (κ1) is 13.3. The van der Waals surface area contributed by atoms with E-state index in [-0.39, 0.29) is 24.8 Å². The van der Waals surface area contributed by atoms with E-state index < -0.39 is 0 Å². The molecule has 1 radical (unpaired) electrons. The summed E-state index contributed by atoms with van der Waals surface area (Å²) in [7, 11) is 0. The first-order valence-electron chi connectivity index (χ1n) is 4.52. The van der Waals surface area contributed by atoms with Crippen LogP contribution >= 0.6 is 0 Å². The Bertz CT molecular complexity index is 259. The van der Waals surface area contributed by atoms with Gasteiger partial charge in [-0.15, -0.1) is 0 Å². The van der Waals surface area contributed by atoms with E-state index >= 15 is 0 Å². The number of hydrogen-bond donors (Lipinski definition) is 0. The molecule has 1 aromatic rings. The molecule has 0 unspecified atom stereocenters. The summed E-state index contributed by atoms with van der Waals surface area (Å²) in [6, 6.07) is 9.94. The molecule has 0 saturated carbocycles. The number of ether oxygens (including phenoxy) is 1. The molecule has 0 aliphatic carbocycles. The summed E-state index contributed by atoms with van der Waals surface area (Å²) in [6.45, 7) is 2.29. The summed E-state index contributed by atoms with van der Waals surface area (Å²) in [5.41, 5.74) is 1.18. The van der Waals surface area contributed by atoms with E-state index in [1.54, 1.807) is 0 Å². The van der Waals surface area contributed by atoms with Crippen molar-refractivity contribution in [2.45, 2.75) is 19.8 Å². The average Bonchev–Trinajstić information content (AvgIpc) is 2.17. The van der Waals surface area contributed by atoms with Crippen LogP contribution in [0.25, 0.3) is 0 Å². The van der Waals surface area contributed by atoms with Crippen molar-refractivity contribution in [3.63, 3.8) is 0 Å². The van der Waals surface area contributed by atoms with Gasteiger partial charge in [-0.25, -0.2) is 0 Å². The van der Waals surface area contributed by atoms with Crippen molar-refractivity contribution >= 4 is 24.8 Å². The second-order valence-corrected chi connectivity index (χ2v) is 2.79. The van der Waals surface area contributed by atoms with Crippen molar-refractivity contribution in [1.29, 1.82) is 0 Å². The number of benzene rings is 1. The van der Waals surface area contributed by atoms with E-state index in [2.05, 4.69) is 0 Å². The van der Waals surface area contributed by atoms with Gasteiger partial charge in [-0.3, -0.25) is 4.79 Å². The molecule has 0 fully saturated rings. The Hall–Kier alpha value is -0.713.